The van der Waals surface area contributed by atoms with Crippen molar-refractivity contribution < 1.29 is 4.79 Å². The zero-order chi connectivity index (χ0) is 14.4. The Hall–Kier alpha value is -1.82. The molecule has 1 aliphatic carbocycles. The number of carbonyl (C=O) groups excluding carboxylic acids is 1. The fraction of sp³-hybridized carbons (Fsp3) is 0.529. The number of nitrogens with zero attached hydrogens (tertiary/aromatic N) is 1. The minimum absolute atomic E-state index is 0.129. The van der Waals surface area contributed by atoms with Crippen molar-refractivity contribution in [3.63, 3.8) is 0 Å². The number of nitrogens with one attached hydrogen (secondary N) is 1. The highest BCUT2D eigenvalue weighted by atomic mass is 16.1. The van der Waals surface area contributed by atoms with Crippen molar-refractivity contribution >= 4 is 5.91 Å². The Morgan fingerprint density at radius 2 is 2.00 bits per heavy atom. The van der Waals surface area contributed by atoms with Gasteiger partial charge in [0.25, 0.3) is 0 Å². The van der Waals surface area contributed by atoms with Crippen LogP contribution in [0.1, 0.15) is 38.2 Å². The van der Waals surface area contributed by atoms with E-state index in [1.165, 1.54) is 25.7 Å². The molecule has 0 aromatic heterocycles. The molecule has 2 unspecified atom stereocenters. The first kappa shape index (κ1) is 14.6. The number of benzene rings is 1. The highest BCUT2D eigenvalue weighted by Crippen LogP contribution is 2.27. The second-order valence-electron chi connectivity index (χ2n) is 5.71. The minimum atomic E-state index is -0.596. The van der Waals surface area contributed by atoms with Crippen LogP contribution < -0.4 is 5.32 Å². The Morgan fingerprint density at radius 3 is 2.60 bits per heavy atom. The molecule has 1 saturated carbocycles. The van der Waals surface area contributed by atoms with E-state index in [2.05, 4.69) is 18.3 Å². The summed E-state index contributed by atoms with van der Waals surface area (Å²) in [6.45, 7) is 2.06. The fourth-order valence-corrected chi connectivity index (χ4v) is 2.95. The first-order chi connectivity index (χ1) is 9.70. The molecule has 20 heavy (non-hydrogen) atoms. The van der Waals surface area contributed by atoms with Crippen molar-refractivity contribution in [3.05, 3.63) is 35.9 Å². The van der Waals surface area contributed by atoms with Gasteiger partial charge < -0.3 is 5.32 Å². The molecule has 1 aliphatic rings. The van der Waals surface area contributed by atoms with E-state index in [1.54, 1.807) is 0 Å². The van der Waals surface area contributed by atoms with Gasteiger partial charge in [0.15, 0.2) is 0 Å². The Bertz CT molecular complexity index is 472. The molecule has 1 amide bonds. The second kappa shape index (κ2) is 7.09. The van der Waals surface area contributed by atoms with Crippen molar-refractivity contribution in [2.45, 2.75) is 45.1 Å². The maximum absolute atomic E-state index is 12.2. The summed E-state index contributed by atoms with van der Waals surface area (Å²) in [5, 5.41) is 12.3. The Labute approximate surface area is 121 Å². The lowest BCUT2D eigenvalue weighted by Crippen LogP contribution is -2.41. The topological polar surface area (TPSA) is 52.9 Å². The molecule has 0 saturated heterocycles. The molecule has 3 nitrogen and oxygen atoms in total. The third kappa shape index (κ3) is 3.84. The number of amides is 1. The summed E-state index contributed by atoms with van der Waals surface area (Å²) in [6, 6.07) is 12.0. The molecular weight excluding hydrogens is 248 g/mol. The summed E-state index contributed by atoms with van der Waals surface area (Å²) in [6.07, 6.45) is 5.39. The fourth-order valence-electron chi connectivity index (χ4n) is 2.95. The Kier molecular flexibility index (Phi) is 5.17. The number of hydrogen-bond donors (Lipinski definition) is 1. The third-order valence-electron chi connectivity index (χ3n) is 4.23. The summed E-state index contributed by atoms with van der Waals surface area (Å²) in [5.74, 6) is -0.146. The van der Waals surface area contributed by atoms with Gasteiger partial charge in [-0.2, -0.15) is 5.26 Å². The van der Waals surface area contributed by atoms with Crippen molar-refractivity contribution in [2.75, 3.05) is 0 Å². The van der Waals surface area contributed by atoms with Crippen LogP contribution in [0.25, 0.3) is 0 Å². The van der Waals surface area contributed by atoms with Gasteiger partial charge in [0.05, 0.1) is 6.07 Å². The molecular formula is C17H22N2O. The zero-order valence-electron chi connectivity index (χ0n) is 12.0. The molecule has 1 aromatic rings. The zero-order valence-corrected chi connectivity index (χ0v) is 12.0. The lowest BCUT2D eigenvalue weighted by molar-refractivity contribution is -0.124. The number of hydrogen-bond acceptors (Lipinski definition) is 2. The Morgan fingerprint density at radius 1 is 1.35 bits per heavy atom. The van der Waals surface area contributed by atoms with E-state index in [-0.39, 0.29) is 11.9 Å². The van der Waals surface area contributed by atoms with Crippen LogP contribution in [0.4, 0.5) is 0 Å². The summed E-state index contributed by atoms with van der Waals surface area (Å²) in [5.41, 5.74) is 1.03. The van der Waals surface area contributed by atoms with E-state index >= 15 is 0 Å². The predicted octanol–water partition coefficient (Wildman–Crippen LogP) is 3.06. The molecule has 0 spiro atoms. The van der Waals surface area contributed by atoms with E-state index in [4.69, 9.17) is 0 Å². The first-order valence-corrected chi connectivity index (χ1v) is 7.44. The SMILES string of the molecule is CC(NC(=O)C(C#N)Cc1ccccc1)C1CCCC1. The molecule has 0 bridgehead atoms. The van der Waals surface area contributed by atoms with Gasteiger partial charge in [0.1, 0.15) is 5.92 Å². The molecule has 106 valence electrons. The predicted molar refractivity (Wildman–Crippen MR) is 78.8 cm³/mol. The average Bonchev–Trinajstić information content (AvgIpc) is 3.00. The second-order valence-corrected chi connectivity index (χ2v) is 5.71. The van der Waals surface area contributed by atoms with E-state index < -0.39 is 5.92 Å². The van der Waals surface area contributed by atoms with Gasteiger partial charge in [-0.3, -0.25) is 4.79 Å². The molecule has 2 atom stereocenters. The van der Waals surface area contributed by atoms with Crippen LogP contribution in [-0.4, -0.2) is 11.9 Å². The number of rotatable bonds is 5. The largest absolute Gasteiger partial charge is 0.352 e. The summed E-state index contributed by atoms with van der Waals surface area (Å²) in [7, 11) is 0. The third-order valence-corrected chi connectivity index (χ3v) is 4.23. The molecule has 1 aromatic carbocycles. The molecule has 0 aliphatic heterocycles. The highest BCUT2D eigenvalue weighted by Gasteiger charge is 2.26. The molecule has 0 radical (unpaired) electrons. The Balaban J connectivity index is 1.90. The maximum Gasteiger partial charge on any atom is 0.237 e. The molecule has 3 heteroatoms. The van der Waals surface area contributed by atoms with Crippen molar-refractivity contribution in [3.8, 4) is 6.07 Å². The van der Waals surface area contributed by atoms with Crippen molar-refractivity contribution in [1.82, 2.24) is 5.32 Å². The lowest BCUT2D eigenvalue weighted by atomic mass is 9.96. The van der Waals surface area contributed by atoms with Crippen LogP contribution in [-0.2, 0) is 11.2 Å². The maximum atomic E-state index is 12.2. The molecule has 1 fully saturated rings. The van der Waals surface area contributed by atoms with Crippen LogP contribution in [0.5, 0.6) is 0 Å². The van der Waals surface area contributed by atoms with Crippen LogP contribution in [0.2, 0.25) is 0 Å². The molecule has 1 N–H and O–H groups in total. The summed E-state index contributed by atoms with van der Waals surface area (Å²) < 4.78 is 0. The van der Waals surface area contributed by atoms with E-state index in [9.17, 15) is 10.1 Å². The molecule has 0 heterocycles. The van der Waals surface area contributed by atoms with Crippen LogP contribution in [0.3, 0.4) is 0 Å². The monoisotopic (exact) mass is 270 g/mol. The van der Waals surface area contributed by atoms with Gasteiger partial charge in [-0.25, -0.2) is 0 Å². The van der Waals surface area contributed by atoms with Gasteiger partial charge in [0, 0.05) is 6.04 Å². The number of carbonyl (C=O) groups is 1. The number of nitriles is 1. The van der Waals surface area contributed by atoms with Gasteiger partial charge >= 0.3 is 0 Å². The standard InChI is InChI=1S/C17H22N2O/c1-13(15-9-5-6-10-15)19-17(20)16(12-18)11-14-7-3-2-4-8-14/h2-4,7-8,13,15-16H,5-6,9-11H2,1H3,(H,19,20). The lowest BCUT2D eigenvalue weighted by Gasteiger charge is -2.21. The van der Waals surface area contributed by atoms with Gasteiger partial charge in [-0.1, -0.05) is 43.2 Å². The first-order valence-electron chi connectivity index (χ1n) is 7.44. The quantitative estimate of drug-likeness (QED) is 0.894. The van der Waals surface area contributed by atoms with Gasteiger partial charge in [-0.15, -0.1) is 0 Å². The van der Waals surface area contributed by atoms with Gasteiger partial charge in [-0.05, 0) is 37.7 Å². The highest BCUT2D eigenvalue weighted by molar-refractivity contribution is 5.81. The van der Waals surface area contributed by atoms with Crippen molar-refractivity contribution in [2.24, 2.45) is 11.8 Å². The summed E-state index contributed by atoms with van der Waals surface area (Å²) in [4.78, 5) is 12.2. The van der Waals surface area contributed by atoms with Crippen LogP contribution >= 0.6 is 0 Å². The van der Waals surface area contributed by atoms with Crippen LogP contribution in [0, 0.1) is 23.2 Å². The minimum Gasteiger partial charge on any atom is -0.352 e. The van der Waals surface area contributed by atoms with Crippen molar-refractivity contribution in [1.29, 1.82) is 5.26 Å². The van der Waals surface area contributed by atoms with Crippen LogP contribution in [0.15, 0.2) is 30.3 Å². The van der Waals surface area contributed by atoms with E-state index in [0.717, 1.165) is 5.56 Å². The normalized spacial score (nSPS) is 18.2. The van der Waals surface area contributed by atoms with E-state index in [1.807, 2.05) is 30.3 Å². The molecule has 2 rings (SSSR count). The summed E-state index contributed by atoms with van der Waals surface area (Å²) >= 11 is 0. The van der Waals surface area contributed by atoms with E-state index in [0.29, 0.717) is 12.3 Å². The van der Waals surface area contributed by atoms with Gasteiger partial charge in [0.2, 0.25) is 5.91 Å². The smallest absolute Gasteiger partial charge is 0.237 e. The average molecular weight is 270 g/mol.